The Hall–Kier alpha value is -1.81. The van der Waals surface area contributed by atoms with Crippen LogP contribution in [0.1, 0.15) is 17.0 Å². The zero-order chi connectivity index (χ0) is 12.0. The molecule has 2 aromatic rings. The first kappa shape index (κ1) is 10.4. The van der Waals surface area contributed by atoms with Gasteiger partial charge in [-0.05, 0) is 23.3 Å². The van der Waals surface area contributed by atoms with Crippen LogP contribution in [0.4, 0.5) is 0 Å². The summed E-state index contributed by atoms with van der Waals surface area (Å²) in [4.78, 5) is 11.8. The molecule has 0 aliphatic carbocycles. The van der Waals surface area contributed by atoms with Gasteiger partial charge in [0.05, 0.1) is 0 Å². The van der Waals surface area contributed by atoms with Crippen LogP contribution in [-0.4, -0.2) is 14.3 Å². The summed E-state index contributed by atoms with van der Waals surface area (Å²) in [6.07, 6.45) is 4.20. The maximum atomic E-state index is 11.8. The lowest BCUT2D eigenvalue weighted by Gasteiger charge is -2.04. The van der Waals surface area contributed by atoms with Crippen LogP contribution >= 0.6 is 11.6 Å². The fourth-order valence-electron chi connectivity index (χ4n) is 2.03. The lowest BCUT2D eigenvalue weighted by molar-refractivity contribution is 0.721. The first-order valence-electron chi connectivity index (χ1n) is 5.27. The standard InChI is InChI=1S/C12H10ClN3O/c1-15-12(17)16-6-5-8-3-2-4-10(13)9(8)7-11(16)14-15/h2-6H,7H2,1H3. The molecule has 1 aromatic carbocycles. The second-order valence-electron chi connectivity index (χ2n) is 3.99. The summed E-state index contributed by atoms with van der Waals surface area (Å²) in [5.74, 6) is 0.709. The Kier molecular flexibility index (Phi) is 2.19. The Morgan fingerprint density at radius 3 is 3.06 bits per heavy atom. The Morgan fingerprint density at radius 2 is 2.24 bits per heavy atom. The van der Waals surface area contributed by atoms with Gasteiger partial charge in [0.2, 0.25) is 0 Å². The fraction of sp³-hybridized carbons (Fsp3) is 0.167. The smallest absolute Gasteiger partial charge is 0.253 e. The van der Waals surface area contributed by atoms with Crippen molar-refractivity contribution in [1.82, 2.24) is 14.3 Å². The monoisotopic (exact) mass is 247 g/mol. The molecule has 0 fully saturated rings. The predicted octanol–water partition coefficient (Wildman–Crippen LogP) is 1.77. The molecule has 0 bridgehead atoms. The molecule has 17 heavy (non-hydrogen) atoms. The van der Waals surface area contributed by atoms with Gasteiger partial charge in [0, 0.05) is 24.7 Å². The lowest BCUT2D eigenvalue weighted by atomic mass is 10.0. The molecule has 4 nitrogen and oxygen atoms in total. The van der Waals surface area contributed by atoms with E-state index in [1.807, 2.05) is 24.3 Å². The SMILES string of the molecule is Cn1nc2n(c1=O)C=Cc1cccc(Cl)c1C2. The molecule has 0 atom stereocenters. The topological polar surface area (TPSA) is 39.8 Å². The molecular weight excluding hydrogens is 238 g/mol. The first-order valence-corrected chi connectivity index (χ1v) is 5.64. The van der Waals surface area contributed by atoms with Gasteiger partial charge in [-0.3, -0.25) is 4.57 Å². The van der Waals surface area contributed by atoms with E-state index in [-0.39, 0.29) is 5.69 Å². The summed E-state index contributed by atoms with van der Waals surface area (Å²) in [5.41, 5.74) is 1.90. The number of benzene rings is 1. The first-order chi connectivity index (χ1) is 8.16. The van der Waals surface area contributed by atoms with Crippen molar-refractivity contribution in [3.63, 3.8) is 0 Å². The van der Waals surface area contributed by atoms with E-state index in [1.54, 1.807) is 17.8 Å². The molecule has 2 heterocycles. The van der Waals surface area contributed by atoms with E-state index in [2.05, 4.69) is 5.10 Å². The van der Waals surface area contributed by atoms with Gasteiger partial charge in [0.15, 0.2) is 0 Å². The summed E-state index contributed by atoms with van der Waals surface area (Å²) >= 11 is 6.17. The minimum absolute atomic E-state index is 0.139. The Bertz CT molecular complexity index is 682. The maximum Gasteiger partial charge on any atom is 0.349 e. The van der Waals surface area contributed by atoms with E-state index in [1.165, 1.54) is 4.68 Å². The molecule has 0 spiro atoms. The van der Waals surface area contributed by atoms with E-state index in [9.17, 15) is 4.79 Å². The number of aromatic nitrogens is 3. The summed E-state index contributed by atoms with van der Waals surface area (Å²) in [6.45, 7) is 0. The number of aryl methyl sites for hydroxylation is 1. The number of hydrogen-bond donors (Lipinski definition) is 0. The van der Waals surface area contributed by atoms with Crippen molar-refractivity contribution in [3.8, 4) is 0 Å². The summed E-state index contributed by atoms with van der Waals surface area (Å²) in [6, 6.07) is 5.73. The van der Waals surface area contributed by atoms with E-state index >= 15 is 0 Å². The van der Waals surface area contributed by atoms with Crippen LogP contribution in [0.2, 0.25) is 5.02 Å². The van der Waals surface area contributed by atoms with E-state index < -0.39 is 0 Å². The van der Waals surface area contributed by atoms with E-state index in [0.29, 0.717) is 17.3 Å². The Balaban J connectivity index is 2.26. The number of fused-ring (bicyclic) bond motifs is 2. The quantitative estimate of drug-likeness (QED) is 0.607. The number of nitrogens with zero attached hydrogens (tertiary/aromatic N) is 3. The maximum absolute atomic E-state index is 11.8. The predicted molar refractivity (Wildman–Crippen MR) is 67.0 cm³/mol. The van der Waals surface area contributed by atoms with Crippen molar-refractivity contribution >= 4 is 23.9 Å². The molecule has 1 aliphatic heterocycles. The molecule has 5 heteroatoms. The molecule has 3 rings (SSSR count). The van der Waals surface area contributed by atoms with Gasteiger partial charge < -0.3 is 0 Å². The fourth-order valence-corrected chi connectivity index (χ4v) is 2.28. The van der Waals surface area contributed by atoms with Crippen LogP contribution in [0.15, 0.2) is 23.0 Å². The highest BCUT2D eigenvalue weighted by atomic mass is 35.5. The lowest BCUT2D eigenvalue weighted by Crippen LogP contribution is -2.19. The average Bonchev–Trinajstić information content (AvgIpc) is 2.50. The van der Waals surface area contributed by atoms with Crippen molar-refractivity contribution in [3.05, 3.63) is 50.7 Å². The second-order valence-corrected chi connectivity index (χ2v) is 4.40. The highest BCUT2D eigenvalue weighted by Gasteiger charge is 2.16. The van der Waals surface area contributed by atoms with Crippen LogP contribution in [0, 0.1) is 0 Å². The van der Waals surface area contributed by atoms with Crippen LogP contribution in [0.25, 0.3) is 12.3 Å². The third kappa shape index (κ3) is 1.52. The normalized spacial score (nSPS) is 13.1. The molecule has 0 saturated heterocycles. The van der Waals surface area contributed by atoms with Crippen LogP contribution in [-0.2, 0) is 13.5 Å². The van der Waals surface area contributed by atoms with Crippen molar-refractivity contribution < 1.29 is 0 Å². The Labute approximate surface area is 103 Å². The van der Waals surface area contributed by atoms with Crippen LogP contribution < -0.4 is 5.69 Å². The minimum Gasteiger partial charge on any atom is -0.253 e. The van der Waals surface area contributed by atoms with Crippen molar-refractivity contribution in [2.75, 3.05) is 0 Å². The van der Waals surface area contributed by atoms with Crippen molar-refractivity contribution in [1.29, 1.82) is 0 Å². The number of halogens is 1. The molecule has 0 amide bonds. The highest BCUT2D eigenvalue weighted by molar-refractivity contribution is 6.31. The molecule has 86 valence electrons. The van der Waals surface area contributed by atoms with Crippen LogP contribution in [0.3, 0.4) is 0 Å². The summed E-state index contributed by atoms with van der Waals surface area (Å²) in [7, 11) is 1.64. The van der Waals surface area contributed by atoms with Crippen molar-refractivity contribution in [2.45, 2.75) is 6.42 Å². The summed E-state index contributed by atoms with van der Waals surface area (Å²) in [5, 5.41) is 4.92. The van der Waals surface area contributed by atoms with E-state index in [0.717, 1.165) is 11.1 Å². The van der Waals surface area contributed by atoms with E-state index in [4.69, 9.17) is 11.6 Å². The number of rotatable bonds is 0. The van der Waals surface area contributed by atoms with Gasteiger partial charge >= 0.3 is 5.69 Å². The van der Waals surface area contributed by atoms with Crippen LogP contribution in [0.5, 0.6) is 0 Å². The van der Waals surface area contributed by atoms with Gasteiger partial charge in [-0.2, -0.15) is 5.10 Å². The minimum atomic E-state index is -0.139. The molecule has 0 N–H and O–H groups in total. The van der Waals surface area contributed by atoms with Gasteiger partial charge in [-0.1, -0.05) is 23.7 Å². The third-order valence-corrected chi connectivity index (χ3v) is 3.27. The van der Waals surface area contributed by atoms with Gasteiger partial charge in [-0.15, -0.1) is 0 Å². The Morgan fingerprint density at radius 1 is 1.41 bits per heavy atom. The molecular formula is C12H10ClN3O. The molecule has 0 radical (unpaired) electrons. The molecule has 0 unspecified atom stereocenters. The zero-order valence-corrected chi connectivity index (χ0v) is 9.98. The summed E-state index contributed by atoms with van der Waals surface area (Å²) < 4.78 is 2.89. The molecule has 1 aromatic heterocycles. The number of hydrogen-bond acceptors (Lipinski definition) is 2. The largest absolute Gasteiger partial charge is 0.349 e. The third-order valence-electron chi connectivity index (χ3n) is 2.92. The van der Waals surface area contributed by atoms with Gasteiger partial charge in [-0.25, -0.2) is 9.48 Å². The van der Waals surface area contributed by atoms with Gasteiger partial charge in [0.1, 0.15) is 5.82 Å². The van der Waals surface area contributed by atoms with Gasteiger partial charge in [0.25, 0.3) is 0 Å². The molecule has 1 aliphatic rings. The second kappa shape index (κ2) is 3.60. The van der Waals surface area contributed by atoms with Crippen molar-refractivity contribution in [2.24, 2.45) is 7.05 Å². The average molecular weight is 248 g/mol. The zero-order valence-electron chi connectivity index (χ0n) is 9.22. The highest BCUT2D eigenvalue weighted by Crippen LogP contribution is 2.25. The molecule has 0 saturated carbocycles.